The number of carboxylic acids is 1. The molecule has 1 saturated carbocycles. The first-order valence-electron chi connectivity index (χ1n) is 6.58. The van der Waals surface area contributed by atoms with Gasteiger partial charge in [-0.3, -0.25) is 4.79 Å². The quantitative estimate of drug-likeness (QED) is 0.894. The van der Waals surface area contributed by atoms with E-state index < -0.39 is 21.5 Å². The number of benzene rings is 1. The van der Waals surface area contributed by atoms with Crippen molar-refractivity contribution in [2.24, 2.45) is 0 Å². The van der Waals surface area contributed by atoms with Crippen LogP contribution in [0.4, 0.5) is 0 Å². The number of hydrogen-bond donors (Lipinski definition) is 2. The lowest BCUT2D eigenvalue weighted by Crippen LogP contribution is -2.55. The standard InChI is InChI=1S/C8H15NO4S.C6H6/c1-14(12,13)9-8(7(10)11)5-3-2-4-6-8;1-2-4-6-5-3-1/h9H,2-6H2,1H3,(H,10,11);1-6H. The van der Waals surface area contributed by atoms with Gasteiger partial charge in [0.2, 0.25) is 10.0 Å². The van der Waals surface area contributed by atoms with Crippen LogP contribution in [0.2, 0.25) is 0 Å². The van der Waals surface area contributed by atoms with Gasteiger partial charge < -0.3 is 5.11 Å². The van der Waals surface area contributed by atoms with E-state index in [0.29, 0.717) is 12.8 Å². The van der Waals surface area contributed by atoms with E-state index in [-0.39, 0.29) is 0 Å². The molecule has 112 valence electrons. The largest absolute Gasteiger partial charge is 0.480 e. The summed E-state index contributed by atoms with van der Waals surface area (Å²) >= 11 is 0. The molecule has 1 aromatic carbocycles. The van der Waals surface area contributed by atoms with Crippen molar-refractivity contribution in [3.63, 3.8) is 0 Å². The number of carbonyl (C=O) groups is 1. The predicted octanol–water partition coefficient (Wildman–Crippen LogP) is 2.01. The van der Waals surface area contributed by atoms with Gasteiger partial charge in [0.25, 0.3) is 0 Å². The molecule has 1 fully saturated rings. The van der Waals surface area contributed by atoms with Gasteiger partial charge in [-0.25, -0.2) is 8.42 Å². The molecule has 5 nitrogen and oxygen atoms in total. The van der Waals surface area contributed by atoms with Gasteiger partial charge in [-0.1, -0.05) is 55.7 Å². The van der Waals surface area contributed by atoms with Crippen LogP contribution in [0.3, 0.4) is 0 Å². The molecule has 1 aliphatic rings. The van der Waals surface area contributed by atoms with E-state index in [0.717, 1.165) is 25.5 Å². The summed E-state index contributed by atoms with van der Waals surface area (Å²) in [5, 5.41) is 9.03. The predicted molar refractivity (Wildman–Crippen MR) is 77.9 cm³/mol. The molecule has 0 aromatic heterocycles. The summed E-state index contributed by atoms with van der Waals surface area (Å²) in [4.78, 5) is 11.0. The Labute approximate surface area is 120 Å². The average molecular weight is 299 g/mol. The maximum Gasteiger partial charge on any atom is 0.324 e. The van der Waals surface area contributed by atoms with Gasteiger partial charge in [0.15, 0.2) is 0 Å². The maximum absolute atomic E-state index is 11.0. The van der Waals surface area contributed by atoms with Crippen LogP contribution in [0, 0.1) is 0 Å². The van der Waals surface area contributed by atoms with Crippen LogP contribution >= 0.6 is 0 Å². The minimum atomic E-state index is -3.46. The second kappa shape index (κ2) is 7.40. The zero-order valence-corrected chi connectivity index (χ0v) is 12.4. The van der Waals surface area contributed by atoms with Crippen molar-refractivity contribution < 1.29 is 18.3 Å². The summed E-state index contributed by atoms with van der Waals surface area (Å²) in [6.07, 6.45) is 4.25. The van der Waals surface area contributed by atoms with Gasteiger partial charge in [-0.2, -0.15) is 4.72 Å². The Morgan fingerprint density at radius 2 is 1.40 bits per heavy atom. The molecule has 0 spiro atoms. The van der Waals surface area contributed by atoms with Crippen LogP contribution in [-0.2, 0) is 14.8 Å². The van der Waals surface area contributed by atoms with Crippen molar-refractivity contribution in [3.05, 3.63) is 36.4 Å². The van der Waals surface area contributed by atoms with E-state index in [4.69, 9.17) is 5.11 Å². The van der Waals surface area contributed by atoms with E-state index in [2.05, 4.69) is 4.72 Å². The Hall–Kier alpha value is -1.40. The summed E-state index contributed by atoms with van der Waals surface area (Å²) in [5.74, 6) is -1.07. The molecule has 2 N–H and O–H groups in total. The summed E-state index contributed by atoms with van der Waals surface area (Å²) < 4.78 is 24.3. The van der Waals surface area contributed by atoms with E-state index in [1.807, 2.05) is 36.4 Å². The molecule has 0 saturated heterocycles. The zero-order valence-electron chi connectivity index (χ0n) is 11.6. The Morgan fingerprint density at radius 3 is 1.70 bits per heavy atom. The van der Waals surface area contributed by atoms with Gasteiger partial charge in [0, 0.05) is 0 Å². The SMILES string of the molecule is CS(=O)(=O)NC1(C(=O)O)CCCCC1.c1ccccc1. The van der Waals surface area contributed by atoms with Crippen molar-refractivity contribution in [3.8, 4) is 0 Å². The number of hydrogen-bond acceptors (Lipinski definition) is 3. The summed E-state index contributed by atoms with van der Waals surface area (Å²) in [7, 11) is -3.46. The molecule has 0 unspecified atom stereocenters. The van der Waals surface area contributed by atoms with E-state index in [9.17, 15) is 13.2 Å². The van der Waals surface area contributed by atoms with Crippen LogP contribution < -0.4 is 4.72 Å². The molecule has 6 heteroatoms. The third kappa shape index (κ3) is 5.71. The molecule has 0 bridgehead atoms. The van der Waals surface area contributed by atoms with Gasteiger partial charge in [-0.05, 0) is 12.8 Å². The molecule has 0 amide bonds. The third-order valence-corrected chi connectivity index (χ3v) is 3.93. The minimum absolute atomic E-state index is 0.384. The Bertz CT molecular complexity index is 481. The van der Waals surface area contributed by atoms with Crippen LogP contribution in [0.25, 0.3) is 0 Å². The highest BCUT2D eigenvalue weighted by Gasteiger charge is 2.41. The summed E-state index contributed by atoms with van der Waals surface area (Å²) in [6.45, 7) is 0. The molecule has 1 aliphatic carbocycles. The number of carboxylic acid groups (broad SMARTS) is 1. The number of rotatable bonds is 3. The van der Waals surface area contributed by atoms with E-state index in [1.165, 1.54) is 0 Å². The van der Waals surface area contributed by atoms with Crippen molar-refractivity contribution in [2.75, 3.05) is 6.26 Å². The normalized spacial score (nSPS) is 17.6. The highest BCUT2D eigenvalue weighted by molar-refractivity contribution is 7.88. The van der Waals surface area contributed by atoms with Crippen LogP contribution in [0.1, 0.15) is 32.1 Å². The van der Waals surface area contributed by atoms with Crippen molar-refractivity contribution in [2.45, 2.75) is 37.6 Å². The topological polar surface area (TPSA) is 83.5 Å². The Kier molecular flexibility index (Phi) is 6.16. The first kappa shape index (κ1) is 16.7. The van der Waals surface area contributed by atoms with Gasteiger partial charge in [0.1, 0.15) is 5.54 Å². The second-order valence-electron chi connectivity index (χ2n) is 4.98. The van der Waals surface area contributed by atoms with Crippen LogP contribution in [0.15, 0.2) is 36.4 Å². The monoisotopic (exact) mass is 299 g/mol. The molecular weight excluding hydrogens is 278 g/mol. The number of sulfonamides is 1. The molecule has 1 aromatic rings. The highest BCUT2D eigenvalue weighted by Crippen LogP contribution is 2.28. The Balaban J connectivity index is 0.000000276. The van der Waals surface area contributed by atoms with Crippen molar-refractivity contribution >= 4 is 16.0 Å². The molecule has 0 heterocycles. The molecule has 0 radical (unpaired) electrons. The highest BCUT2D eigenvalue weighted by atomic mass is 32.2. The smallest absolute Gasteiger partial charge is 0.324 e. The van der Waals surface area contributed by atoms with Crippen LogP contribution in [-0.4, -0.2) is 31.3 Å². The second-order valence-corrected chi connectivity index (χ2v) is 6.73. The maximum atomic E-state index is 11.0. The fourth-order valence-corrected chi connectivity index (χ4v) is 3.26. The molecule has 0 atom stereocenters. The Morgan fingerprint density at radius 1 is 1.00 bits per heavy atom. The fraction of sp³-hybridized carbons (Fsp3) is 0.500. The van der Waals surface area contributed by atoms with Crippen LogP contribution in [0.5, 0.6) is 0 Å². The van der Waals surface area contributed by atoms with Gasteiger partial charge in [-0.15, -0.1) is 0 Å². The zero-order chi connectivity index (χ0) is 15.1. The van der Waals surface area contributed by atoms with E-state index >= 15 is 0 Å². The van der Waals surface area contributed by atoms with E-state index in [1.54, 1.807) is 0 Å². The minimum Gasteiger partial charge on any atom is -0.480 e. The van der Waals surface area contributed by atoms with Gasteiger partial charge in [0.05, 0.1) is 6.26 Å². The average Bonchev–Trinajstić information content (AvgIpc) is 2.40. The van der Waals surface area contributed by atoms with Gasteiger partial charge >= 0.3 is 5.97 Å². The summed E-state index contributed by atoms with van der Waals surface area (Å²) in [6, 6.07) is 12.0. The lowest BCUT2D eigenvalue weighted by molar-refractivity contribution is -0.145. The molecule has 0 aliphatic heterocycles. The van der Waals surface area contributed by atoms with Crippen molar-refractivity contribution in [1.82, 2.24) is 4.72 Å². The summed E-state index contributed by atoms with van der Waals surface area (Å²) in [5.41, 5.74) is -1.26. The lowest BCUT2D eigenvalue weighted by Gasteiger charge is -2.32. The van der Waals surface area contributed by atoms with Crippen molar-refractivity contribution in [1.29, 1.82) is 0 Å². The molecule has 2 rings (SSSR count). The number of nitrogens with one attached hydrogen (secondary N) is 1. The first-order chi connectivity index (χ1) is 9.36. The number of aliphatic carboxylic acids is 1. The molecular formula is C14H21NO4S. The third-order valence-electron chi connectivity index (χ3n) is 3.16. The fourth-order valence-electron chi connectivity index (χ4n) is 2.25. The molecule has 20 heavy (non-hydrogen) atoms. The lowest BCUT2D eigenvalue weighted by atomic mass is 9.83. The first-order valence-corrected chi connectivity index (χ1v) is 8.47.